The van der Waals surface area contributed by atoms with Crippen molar-refractivity contribution in [2.24, 2.45) is 0 Å². The van der Waals surface area contributed by atoms with E-state index in [2.05, 4.69) is 43.5 Å². The number of ether oxygens (including phenoxy) is 1. The summed E-state index contributed by atoms with van der Waals surface area (Å²) in [5.41, 5.74) is 0. The van der Waals surface area contributed by atoms with Gasteiger partial charge in [-0.05, 0) is 44.9 Å². The molecule has 0 saturated carbocycles. The standard InChI is InChI=1S/C73H141NO5/c1-3-5-7-9-11-13-15-17-19-21-23-24-25-27-30-33-37-41-45-49-53-57-61-65-71(76)70(69-75)74-72(77)66-62-58-54-50-46-42-38-34-31-28-26-29-32-36-40-44-48-52-56-60-64-68-79-73(78)67-63-59-55-51-47-43-39-35-22-20-18-16-14-12-10-8-6-4-2/h44,48,56,60,70-71,75-76H,3-43,45-47,49-55,57-59,61-69H2,1-2H3,(H,74,77)/b48-44-,60-56-. The summed E-state index contributed by atoms with van der Waals surface area (Å²) in [6.45, 7) is 4.89. The van der Waals surface area contributed by atoms with Gasteiger partial charge in [0.05, 0.1) is 25.4 Å². The fourth-order valence-corrected chi connectivity index (χ4v) is 11.5. The third-order valence-electron chi connectivity index (χ3n) is 17.0. The third-order valence-corrected chi connectivity index (χ3v) is 17.0. The number of carbonyl (C=O) groups excluding carboxylic acids is 2. The molecule has 2 unspecified atom stereocenters. The van der Waals surface area contributed by atoms with Crippen molar-refractivity contribution in [3.05, 3.63) is 24.3 Å². The minimum atomic E-state index is -0.669. The summed E-state index contributed by atoms with van der Waals surface area (Å²) in [6.07, 6.45) is 86.7. The molecule has 0 aromatic carbocycles. The van der Waals surface area contributed by atoms with Gasteiger partial charge >= 0.3 is 5.97 Å². The molecular weight excluding hydrogens is 971 g/mol. The van der Waals surface area contributed by atoms with Crippen molar-refractivity contribution in [3.63, 3.8) is 0 Å². The maximum atomic E-state index is 12.6. The molecule has 0 fully saturated rings. The Morgan fingerprint density at radius 3 is 0.962 bits per heavy atom. The Bertz CT molecular complexity index is 1230. The average molecular weight is 1110 g/mol. The minimum absolute atomic E-state index is 0.0296. The summed E-state index contributed by atoms with van der Waals surface area (Å²) < 4.78 is 5.44. The first-order chi connectivity index (χ1) is 39.0. The molecule has 2 atom stereocenters. The lowest BCUT2D eigenvalue weighted by Crippen LogP contribution is -2.45. The fourth-order valence-electron chi connectivity index (χ4n) is 11.5. The van der Waals surface area contributed by atoms with E-state index in [1.807, 2.05) is 0 Å². The van der Waals surface area contributed by atoms with E-state index < -0.39 is 12.1 Å². The Balaban J connectivity index is 3.43. The van der Waals surface area contributed by atoms with E-state index in [9.17, 15) is 19.8 Å². The van der Waals surface area contributed by atoms with Crippen LogP contribution < -0.4 is 5.32 Å². The molecular formula is C73H141NO5. The molecule has 79 heavy (non-hydrogen) atoms. The van der Waals surface area contributed by atoms with Gasteiger partial charge in [-0.1, -0.05) is 372 Å². The van der Waals surface area contributed by atoms with Gasteiger partial charge in [-0.15, -0.1) is 0 Å². The summed E-state index contributed by atoms with van der Waals surface area (Å²) in [4.78, 5) is 24.6. The highest BCUT2D eigenvalue weighted by Gasteiger charge is 2.20. The van der Waals surface area contributed by atoms with E-state index in [0.717, 1.165) is 51.4 Å². The summed E-state index contributed by atoms with van der Waals surface area (Å²) in [7, 11) is 0. The van der Waals surface area contributed by atoms with Gasteiger partial charge in [0.25, 0.3) is 0 Å². The summed E-state index contributed by atoms with van der Waals surface area (Å²) >= 11 is 0. The zero-order chi connectivity index (χ0) is 57.1. The second-order valence-electron chi connectivity index (χ2n) is 24.9. The monoisotopic (exact) mass is 1110 g/mol. The number of amides is 1. The van der Waals surface area contributed by atoms with Gasteiger partial charge in [0, 0.05) is 12.8 Å². The molecule has 0 rings (SSSR count). The number of aliphatic hydroxyl groups is 2. The van der Waals surface area contributed by atoms with Gasteiger partial charge in [0.2, 0.25) is 5.91 Å². The van der Waals surface area contributed by atoms with Crippen LogP contribution in [0.25, 0.3) is 0 Å². The van der Waals surface area contributed by atoms with E-state index in [-0.39, 0.29) is 18.5 Å². The van der Waals surface area contributed by atoms with E-state index in [4.69, 9.17) is 4.74 Å². The number of aliphatic hydroxyl groups excluding tert-OH is 2. The predicted molar refractivity (Wildman–Crippen MR) is 347 cm³/mol. The number of unbranched alkanes of at least 4 members (excludes halogenated alkanes) is 53. The normalized spacial score (nSPS) is 12.6. The lowest BCUT2D eigenvalue weighted by atomic mass is 10.0. The zero-order valence-corrected chi connectivity index (χ0v) is 53.6. The third kappa shape index (κ3) is 65.4. The average Bonchev–Trinajstić information content (AvgIpc) is 3.45. The van der Waals surface area contributed by atoms with Crippen LogP contribution in [0.3, 0.4) is 0 Å². The van der Waals surface area contributed by atoms with E-state index in [0.29, 0.717) is 25.9 Å². The Labute approximate surface area is 494 Å². The molecule has 0 saturated heterocycles. The zero-order valence-electron chi connectivity index (χ0n) is 53.6. The maximum absolute atomic E-state index is 12.6. The number of hydrogen-bond donors (Lipinski definition) is 3. The summed E-state index contributed by atoms with van der Waals surface area (Å²) in [5, 5.41) is 23.4. The molecule has 3 N–H and O–H groups in total. The van der Waals surface area contributed by atoms with Crippen LogP contribution in [0.5, 0.6) is 0 Å². The van der Waals surface area contributed by atoms with Crippen LogP contribution in [0.2, 0.25) is 0 Å². The molecule has 468 valence electrons. The van der Waals surface area contributed by atoms with Crippen molar-refractivity contribution >= 4 is 11.9 Å². The molecule has 6 heteroatoms. The minimum Gasteiger partial charge on any atom is -0.465 e. The van der Waals surface area contributed by atoms with Crippen LogP contribution >= 0.6 is 0 Å². The van der Waals surface area contributed by atoms with Crippen LogP contribution in [-0.2, 0) is 14.3 Å². The first kappa shape index (κ1) is 77.3. The SMILES string of the molecule is CCCCCCCCCCCCCCCCCCCCCCCCCC(O)C(CO)NC(=O)CCCCCCCCCCCCCCCC/C=C\C/C=C\CCOC(=O)CCCCCCCCCCCCCCCCCCCC. The predicted octanol–water partition coefficient (Wildman–Crippen LogP) is 23.3. The Hall–Kier alpha value is -1.66. The summed E-state index contributed by atoms with van der Waals surface area (Å²) in [5.74, 6) is -0.0646. The van der Waals surface area contributed by atoms with Crippen molar-refractivity contribution in [2.75, 3.05) is 13.2 Å². The number of carbonyl (C=O) groups is 2. The largest absolute Gasteiger partial charge is 0.465 e. The van der Waals surface area contributed by atoms with E-state index in [1.54, 1.807) is 0 Å². The van der Waals surface area contributed by atoms with Gasteiger partial charge in [-0.2, -0.15) is 0 Å². The van der Waals surface area contributed by atoms with Crippen molar-refractivity contribution in [3.8, 4) is 0 Å². The fraction of sp³-hybridized carbons (Fsp3) is 0.918. The number of hydrogen-bond acceptors (Lipinski definition) is 5. The van der Waals surface area contributed by atoms with Crippen molar-refractivity contribution in [1.29, 1.82) is 0 Å². The van der Waals surface area contributed by atoms with Gasteiger partial charge < -0.3 is 20.3 Å². The number of esters is 1. The molecule has 0 aliphatic heterocycles. The molecule has 6 nitrogen and oxygen atoms in total. The lowest BCUT2D eigenvalue weighted by molar-refractivity contribution is -0.143. The number of rotatable bonds is 68. The van der Waals surface area contributed by atoms with E-state index >= 15 is 0 Å². The summed E-state index contributed by atoms with van der Waals surface area (Å²) in [6, 6.07) is -0.547. The van der Waals surface area contributed by atoms with Gasteiger partial charge in [-0.25, -0.2) is 0 Å². The highest BCUT2D eigenvalue weighted by molar-refractivity contribution is 5.76. The van der Waals surface area contributed by atoms with Crippen molar-refractivity contribution in [1.82, 2.24) is 5.32 Å². The second kappa shape index (κ2) is 68.8. The lowest BCUT2D eigenvalue weighted by Gasteiger charge is -2.22. The highest BCUT2D eigenvalue weighted by atomic mass is 16.5. The quantitative estimate of drug-likeness (QED) is 0.0320. The Morgan fingerprint density at radius 2 is 0.633 bits per heavy atom. The maximum Gasteiger partial charge on any atom is 0.305 e. The van der Waals surface area contributed by atoms with E-state index in [1.165, 1.54) is 321 Å². The molecule has 0 aromatic heterocycles. The number of nitrogens with one attached hydrogen (secondary N) is 1. The van der Waals surface area contributed by atoms with Crippen LogP contribution in [0.1, 0.15) is 406 Å². The number of allylic oxidation sites excluding steroid dienone is 3. The van der Waals surface area contributed by atoms with Crippen molar-refractivity contribution < 1.29 is 24.5 Å². The van der Waals surface area contributed by atoms with Gasteiger partial charge in [0.1, 0.15) is 0 Å². The molecule has 0 aromatic rings. The first-order valence-corrected chi connectivity index (χ1v) is 36.1. The second-order valence-corrected chi connectivity index (χ2v) is 24.9. The smallest absolute Gasteiger partial charge is 0.305 e. The highest BCUT2D eigenvalue weighted by Crippen LogP contribution is 2.19. The van der Waals surface area contributed by atoms with Gasteiger partial charge in [0.15, 0.2) is 0 Å². The van der Waals surface area contributed by atoms with Gasteiger partial charge in [-0.3, -0.25) is 9.59 Å². The molecule has 0 aliphatic carbocycles. The molecule has 0 radical (unpaired) electrons. The van der Waals surface area contributed by atoms with Crippen LogP contribution in [0.4, 0.5) is 0 Å². The van der Waals surface area contributed by atoms with Crippen LogP contribution in [0, 0.1) is 0 Å². The molecule has 0 spiro atoms. The molecule has 0 heterocycles. The molecule has 0 aliphatic rings. The van der Waals surface area contributed by atoms with Crippen LogP contribution in [0.15, 0.2) is 24.3 Å². The Morgan fingerprint density at radius 1 is 0.354 bits per heavy atom. The molecule has 1 amide bonds. The van der Waals surface area contributed by atoms with Crippen LogP contribution in [-0.4, -0.2) is 47.4 Å². The molecule has 0 bridgehead atoms. The van der Waals surface area contributed by atoms with Crippen molar-refractivity contribution in [2.45, 2.75) is 418 Å². The topological polar surface area (TPSA) is 95.9 Å². The Kier molecular flexibility index (Phi) is 67.4. The first-order valence-electron chi connectivity index (χ1n) is 36.1.